The van der Waals surface area contributed by atoms with Crippen molar-refractivity contribution in [3.63, 3.8) is 0 Å². The summed E-state index contributed by atoms with van der Waals surface area (Å²) in [5, 5.41) is 2.55. The lowest BCUT2D eigenvalue weighted by Crippen LogP contribution is -2.23. The molecule has 5 heteroatoms. The number of hydrogen-bond donors (Lipinski definition) is 0. The number of rotatable bonds is 4. The van der Waals surface area contributed by atoms with Gasteiger partial charge in [-0.25, -0.2) is 4.98 Å². The maximum atomic E-state index is 12.1. The third-order valence-electron chi connectivity index (χ3n) is 2.79. The summed E-state index contributed by atoms with van der Waals surface area (Å²) in [5.74, 6) is 0.806. The molecule has 1 aromatic carbocycles. The Morgan fingerprint density at radius 2 is 2.05 bits per heavy atom. The molecule has 0 bridgehead atoms. The standard InChI is InChI=1S/C14H12N2O2S/c17-14-12-6-9-19-13(12)15-10-16(14)7-8-18-11-4-2-1-3-5-11/h1-6,9-10H,7-8H2. The number of para-hydroxylation sites is 1. The first-order valence-electron chi connectivity index (χ1n) is 5.95. The van der Waals surface area contributed by atoms with Crippen molar-refractivity contribution in [3.05, 3.63) is 58.5 Å². The Morgan fingerprint density at radius 3 is 2.89 bits per heavy atom. The van der Waals surface area contributed by atoms with Gasteiger partial charge in [0.2, 0.25) is 0 Å². The molecule has 2 heterocycles. The van der Waals surface area contributed by atoms with Crippen molar-refractivity contribution in [1.29, 1.82) is 0 Å². The minimum atomic E-state index is -0.0112. The van der Waals surface area contributed by atoms with E-state index in [9.17, 15) is 4.79 Å². The second-order valence-electron chi connectivity index (χ2n) is 4.04. The first-order valence-corrected chi connectivity index (χ1v) is 6.83. The lowest BCUT2D eigenvalue weighted by Gasteiger charge is -2.07. The van der Waals surface area contributed by atoms with Crippen molar-refractivity contribution in [2.75, 3.05) is 6.61 Å². The molecular formula is C14H12N2O2S. The van der Waals surface area contributed by atoms with E-state index in [4.69, 9.17) is 4.74 Å². The Morgan fingerprint density at radius 1 is 1.21 bits per heavy atom. The molecule has 0 aliphatic heterocycles. The van der Waals surface area contributed by atoms with E-state index in [1.54, 1.807) is 10.9 Å². The van der Waals surface area contributed by atoms with Crippen molar-refractivity contribution in [3.8, 4) is 5.75 Å². The van der Waals surface area contributed by atoms with Crippen LogP contribution in [0.4, 0.5) is 0 Å². The molecule has 3 rings (SSSR count). The zero-order valence-corrected chi connectivity index (χ0v) is 11.0. The van der Waals surface area contributed by atoms with Crippen molar-refractivity contribution in [1.82, 2.24) is 9.55 Å². The van der Waals surface area contributed by atoms with Gasteiger partial charge in [-0.1, -0.05) is 18.2 Å². The van der Waals surface area contributed by atoms with Gasteiger partial charge in [-0.05, 0) is 23.6 Å². The van der Waals surface area contributed by atoms with Gasteiger partial charge in [-0.15, -0.1) is 11.3 Å². The molecule has 0 aliphatic rings. The van der Waals surface area contributed by atoms with Crippen LogP contribution in [-0.2, 0) is 6.54 Å². The van der Waals surface area contributed by atoms with Gasteiger partial charge in [0.15, 0.2) is 0 Å². The Labute approximate surface area is 113 Å². The molecule has 19 heavy (non-hydrogen) atoms. The van der Waals surface area contributed by atoms with E-state index in [0.717, 1.165) is 10.6 Å². The van der Waals surface area contributed by atoms with Crippen LogP contribution in [0.3, 0.4) is 0 Å². The van der Waals surface area contributed by atoms with E-state index in [1.807, 2.05) is 41.8 Å². The summed E-state index contributed by atoms with van der Waals surface area (Å²) in [7, 11) is 0. The van der Waals surface area contributed by atoms with Gasteiger partial charge in [0.25, 0.3) is 5.56 Å². The highest BCUT2D eigenvalue weighted by Crippen LogP contribution is 2.13. The van der Waals surface area contributed by atoms with Crippen molar-refractivity contribution in [2.24, 2.45) is 0 Å². The molecule has 0 N–H and O–H groups in total. The highest BCUT2D eigenvalue weighted by atomic mass is 32.1. The van der Waals surface area contributed by atoms with Gasteiger partial charge in [0.05, 0.1) is 18.3 Å². The van der Waals surface area contributed by atoms with Crippen LogP contribution in [0.5, 0.6) is 5.75 Å². The molecule has 4 nitrogen and oxygen atoms in total. The van der Waals surface area contributed by atoms with E-state index in [0.29, 0.717) is 18.5 Å². The molecule has 0 amide bonds. The molecule has 2 aromatic heterocycles. The van der Waals surface area contributed by atoms with Crippen LogP contribution in [-0.4, -0.2) is 16.2 Å². The number of hydrogen-bond acceptors (Lipinski definition) is 4. The predicted octanol–water partition coefficient (Wildman–Crippen LogP) is 2.54. The van der Waals surface area contributed by atoms with E-state index in [1.165, 1.54) is 11.3 Å². The van der Waals surface area contributed by atoms with Crippen LogP contribution in [0.25, 0.3) is 10.2 Å². The average Bonchev–Trinajstić information content (AvgIpc) is 2.92. The van der Waals surface area contributed by atoms with Gasteiger partial charge in [0.1, 0.15) is 17.2 Å². The topological polar surface area (TPSA) is 44.1 Å². The van der Waals surface area contributed by atoms with Crippen molar-refractivity contribution < 1.29 is 4.74 Å². The van der Waals surface area contributed by atoms with Crippen molar-refractivity contribution >= 4 is 21.6 Å². The van der Waals surface area contributed by atoms with E-state index in [2.05, 4.69) is 4.98 Å². The highest BCUT2D eigenvalue weighted by Gasteiger charge is 2.04. The molecule has 96 valence electrons. The number of nitrogens with zero attached hydrogens (tertiary/aromatic N) is 2. The Kier molecular flexibility index (Phi) is 3.29. The lowest BCUT2D eigenvalue weighted by molar-refractivity contribution is 0.296. The Hall–Kier alpha value is -2.14. The van der Waals surface area contributed by atoms with Gasteiger partial charge < -0.3 is 4.74 Å². The summed E-state index contributed by atoms with van der Waals surface area (Å²) in [6.45, 7) is 0.938. The Bertz CT molecular complexity index is 734. The molecule has 0 spiro atoms. The zero-order valence-electron chi connectivity index (χ0n) is 10.2. The fraction of sp³-hybridized carbons (Fsp3) is 0.143. The number of benzene rings is 1. The summed E-state index contributed by atoms with van der Waals surface area (Å²) in [5.41, 5.74) is -0.0112. The second kappa shape index (κ2) is 5.24. The van der Waals surface area contributed by atoms with Crippen LogP contribution < -0.4 is 10.3 Å². The number of thiophene rings is 1. The first-order chi connectivity index (χ1) is 9.34. The van der Waals surface area contributed by atoms with Gasteiger partial charge >= 0.3 is 0 Å². The SMILES string of the molecule is O=c1c2ccsc2ncn1CCOc1ccccc1. The van der Waals surface area contributed by atoms with E-state index >= 15 is 0 Å². The van der Waals surface area contributed by atoms with Crippen LogP contribution in [0.1, 0.15) is 0 Å². The maximum Gasteiger partial charge on any atom is 0.262 e. The molecule has 0 fully saturated rings. The molecule has 0 aliphatic carbocycles. The lowest BCUT2D eigenvalue weighted by atomic mass is 10.3. The summed E-state index contributed by atoms with van der Waals surface area (Å²) in [6, 6.07) is 11.4. The third kappa shape index (κ3) is 2.51. The number of fused-ring (bicyclic) bond motifs is 1. The normalized spacial score (nSPS) is 10.7. The largest absolute Gasteiger partial charge is 0.492 e. The molecule has 0 unspecified atom stereocenters. The maximum absolute atomic E-state index is 12.1. The first kappa shape index (κ1) is 11.9. The minimum absolute atomic E-state index is 0.0112. The van der Waals surface area contributed by atoms with E-state index < -0.39 is 0 Å². The Balaban J connectivity index is 1.72. The number of ether oxygens (including phenoxy) is 1. The molecule has 0 saturated carbocycles. The fourth-order valence-corrected chi connectivity index (χ4v) is 2.55. The van der Waals surface area contributed by atoms with Gasteiger partial charge in [0, 0.05) is 0 Å². The molecule has 0 saturated heterocycles. The summed E-state index contributed by atoms with van der Waals surface area (Å²) in [4.78, 5) is 17.1. The monoisotopic (exact) mass is 272 g/mol. The summed E-state index contributed by atoms with van der Waals surface area (Å²) >= 11 is 1.48. The molecule has 3 aromatic rings. The molecular weight excluding hydrogens is 260 g/mol. The highest BCUT2D eigenvalue weighted by molar-refractivity contribution is 7.16. The molecule has 0 radical (unpaired) electrons. The van der Waals surface area contributed by atoms with E-state index in [-0.39, 0.29) is 5.56 Å². The summed E-state index contributed by atoms with van der Waals surface area (Å²) < 4.78 is 7.15. The van der Waals surface area contributed by atoms with Crippen LogP contribution >= 0.6 is 11.3 Å². The number of aromatic nitrogens is 2. The van der Waals surface area contributed by atoms with Crippen LogP contribution in [0, 0.1) is 0 Å². The predicted molar refractivity (Wildman–Crippen MR) is 75.8 cm³/mol. The smallest absolute Gasteiger partial charge is 0.262 e. The summed E-state index contributed by atoms with van der Waals surface area (Å²) in [6.07, 6.45) is 1.58. The second-order valence-corrected chi connectivity index (χ2v) is 4.94. The third-order valence-corrected chi connectivity index (χ3v) is 3.62. The van der Waals surface area contributed by atoms with Gasteiger partial charge in [-0.2, -0.15) is 0 Å². The minimum Gasteiger partial charge on any atom is -0.492 e. The zero-order chi connectivity index (χ0) is 13.1. The molecule has 0 atom stereocenters. The fourth-order valence-electron chi connectivity index (χ4n) is 1.83. The quantitative estimate of drug-likeness (QED) is 0.733. The average molecular weight is 272 g/mol. The van der Waals surface area contributed by atoms with Crippen molar-refractivity contribution in [2.45, 2.75) is 6.54 Å². The van der Waals surface area contributed by atoms with Gasteiger partial charge in [-0.3, -0.25) is 9.36 Å². The van der Waals surface area contributed by atoms with Crippen LogP contribution in [0.2, 0.25) is 0 Å². The van der Waals surface area contributed by atoms with Crippen LogP contribution in [0.15, 0.2) is 52.9 Å².